The molecule has 0 saturated heterocycles. The van der Waals surface area contributed by atoms with Crippen molar-refractivity contribution in [2.45, 2.75) is 13.0 Å². The highest BCUT2D eigenvalue weighted by molar-refractivity contribution is 6.30. The summed E-state index contributed by atoms with van der Waals surface area (Å²) in [6, 6.07) is 4.68. The van der Waals surface area contributed by atoms with Gasteiger partial charge >= 0.3 is 0 Å². The van der Waals surface area contributed by atoms with Crippen LogP contribution in [0.4, 0.5) is 4.39 Å². The second-order valence-corrected chi connectivity index (χ2v) is 4.18. The molecule has 1 heterocycles. The third kappa shape index (κ3) is 2.84. The van der Waals surface area contributed by atoms with Crippen molar-refractivity contribution in [3.63, 3.8) is 0 Å². The van der Waals surface area contributed by atoms with E-state index < -0.39 is 0 Å². The zero-order chi connectivity index (χ0) is 12.3. The molecule has 0 unspecified atom stereocenters. The van der Waals surface area contributed by atoms with Crippen LogP contribution in [0.5, 0.6) is 0 Å². The van der Waals surface area contributed by atoms with Crippen LogP contribution in [0.1, 0.15) is 11.4 Å². The van der Waals surface area contributed by atoms with E-state index in [1.165, 1.54) is 6.07 Å². The third-order valence-corrected chi connectivity index (χ3v) is 2.76. The Bertz CT molecular complexity index is 510. The van der Waals surface area contributed by atoms with E-state index >= 15 is 0 Å². The lowest BCUT2D eigenvalue weighted by Gasteiger charge is -2.08. The fraction of sp³-hybridized carbons (Fsp3) is 0.250. The Kier molecular flexibility index (Phi) is 3.76. The van der Waals surface area contributed by atoms with Gasteiger partial charge in [-0.25, -0.2) is 9.37 Å². The number of rotatable bonds is 4. The molecule has 3 nitrogen and oxygen atoms in total. The Morgan fingerprint density at radius 3 is 2.94 bits per heavy atom. The molecule has 0 aliphatic rings. The lowest BCUT2D eigenvalue weighted by molar-refractivity contribution is 0.594. The Hall–Kier alpha value is -1.39. The number of benzene rings is 1. The minimum absolute atomic E-state index is 0.301. The highest BCUT2D eigenvalue weighted by Gasteiger charge is 2.07. The number of imidazole rings is 1. The van der Waals surface area contributed by atoms with Crippen molar-refractivity contribution in [1.82, 2.24) is 9.55 Å². The summed E-state index contributed by atoms with van der Waals surface area (Å²) in [5, 5.41) is 0.402. The maximum atomic E-state index is 13.6. The van der Waals surface area contributed by atoms with E-state index in [9.17, 15) is 4.39 Å². The van der Waals surface area contributed by atoms with Crippen LogP contribution < -0.4 is 5.73 Å². The van der Waals surface area contributed by atoms with Crippen molar-refractivity contribution in [2.75, 3.05) is 6.54 Å². The number of aromatic nitrogens is 2. The molecule has 0 saturated carbocycles. The Labute approximate surface area is 104 Å². The molecular weight excluding hydrogens is 241 g/mol. The first-order valence-corrected chi connectivity index (χ1v) is 5.72. The molecule has 90 valence electrons. The smallest absolute Gasteiger partial charge is 0.129 e. The van der Waals surface area contributed by atoms with Gasteiger partial charge in [0.25, 0.3) is 0 Å². The van der Waals surface area contributed by atoms with Crippen molar-refractivity contribution < 1.29 is 4.39 Å². The molecule has 0 bridgehead atoms. The van der Waals surface area contributed by atoms with E-state index in [0.29, 0.717) is 30.1 Å². The number of nitrogens with two attached hydrogens (primary N) is 1. The molecule has 0 fully saturated rings. The van der Waals surface area contributed by atoms with Crippen LogP contribution >= 0.6 is 11.6 Å². The molecule has 0 atom stereocenters. The van der Waals surface area contributed by atoms with Gasteiger partial charge in [0.15, 0.2) is 0 Å². The molecule has 17 heavy (non-hydrogen) atoms. The maximum Gasteiger partial charge on any atom is 0.129 e. The largest absolute Gasteiger partial charge is 0.330 e. The fourth-order valence-corrected chi connectivity index (χ4v) is 1.83. The molecule has 1 aromatic carbocycles. The number of hydrogen-bond acceptors (Lipinski definition) is 2. The summed E-state index contributed by atoms with van der Waals surface area (Å²) >= 11 is 5.70. The minimum Gasteiger partial charge on any atom is -0.330 e. The summed E-state index contributed by atoms with van der Waals surface area (Å²) < 4.78 is 15.5. The Balaban J connectivity index is 2.22. The van der Waals surface area contributed by atoms with E-state index in [2.05, 4.69) is 4.98 Å². The number of nitrogens with zero attached hydrogens (tertiary/aromatic N) is 2. The van der Waals surface area contributed by atoms with Gasteiger partial charge < -0.3 is 10.3 Å². The van der Waals surface area contributed by atoms with E-state index in [1.54, 1.807) is 18.3 Å². The van der Waals surface area contributed by atoms with Gasteiger partial charge in [-0.2, -0.15) is 0 Å². The quantitative estimate of drug-likeness (QED) is 0.908. The zero-order valence-corrected chi connectivity index (χ0v) is 9.99. The maximum absolute atomic E-state index is 13.6. The normalized spacial score (nSPS) is 10.8. The number of halogens is 2. The topological polar surface area (TPSA) is 43.8 Å². The van der Waals surface area contributed by atoms with Crippen LogP contribution in [0.15, 0.2) is 30.6 Å². The summed E-state index contributed by atoms with van der Waals surface area (Å²) in [5.74, 6) is 0.562. The summed E-state index contributed by atoms with van der Waals surface area (Å²) in [6.07, 6.45) is 4.19. The zero-order valence-electron chi connectivity index (χ0n) is 9.24. The van der Waals surface area contributed by atoms with Gasteiger partial charge in [0.1, 0.15) is 11.6 Å². The summed E-state index contributed by atoms with van der Waals surface area (Å²) in [6.45, 7) is 0.971. The highest BCUT2D eigenvalue weighted by Crippen LogP contribution is 2.16. The molecule has 2 aromatic rings. The van der Waals surface area contributed by atoms with Crippen LogP contribution in [0.2, 0.25) is 5.02 Å². The first-order valence-electron chi connectivity index (χ1n) is 5.34. The van der Waals surface area contributed by atoms with Crippen molar-refractivity contribution in [3.05, 3.63) is 52.8 Å². The van der Waals surface area contributed by atoms with Crippen molar-refractivity contribution in [2.24, 2.45) is 5.73 Å². The van der Waals surface area contributed by atoms with Gasteiger partial charge in [-0.1, -0.05) is 17.7 Å². The predicted molar refractivity (Wildman–Crippen MR) is 65.5 cm³/mol. The first kappa shape index (κ1) is 12.1. The summed E-state index contributed by atoms with van der Waals surface area (Å²) in [4.78, 5) is 4.18. The van der Waals surface area contributed by atoms with Crippen LogP contribution in [0.3, 0.4) is 0 Å². The van der Waals surface area contributed by atoms with E-state index in [4.69, 9.17) is 17.3 Å². The Morgan fingerprint density at radius 2 is 2.24 bits per heavy atom. The monoisotopic (exact) mass is 253 g/mol. The molecule has 0 radical (unpaired) electrons. The highest BCUT2D eigenvalue weighted by atomic mass is 35.5. The van der Waals surface area contributed by atoms with Crippen LogP contribution in [0, 0.1) is 5.82 Å². The first-order chi connectivity index (χ1) is 8.20. The second-order valence-electron chi connectivity index (χ2n) is 3.75. The predicted octanol–water partition coefficient (Wildman–Crippen LogP) is 2.23. The van der Waals surface area contributed by atoms with Gasteiger partial charge in [-0.05, 0) is 18.7 Å². The van der Waals surface area contributed by atoms with Gasteiger partial charge in [-0.15, -0.1) is 0 Å². The lowest BCUT2D eigenvalue weighted by atomic mass is 10.2. The van der Waals surface area contributed by atoms with Gasteiger partial charge in [-0.3, -0.25) is 0 Å². The van der Waals surface area contributed by atoms with Gasteiger partial charge in [0.2, 0.25) is 0 Å². The minimum atomic E-state index is -0.301. The summed E-state index contributed by atoms with van der Waals surface area (Å²) in [5.41, 5.74) is 6.08. The van der Waals surface area contributed by atoms with Crippen LogP contribution in [-0.4, -0.2) is 16.1 Å². The fourth-order valence-electron chi connectivity index (χ4n) is 1.67. The van der Waals surface area contributed by atoms with Crippen LogP contribution in [-0.2, 0) is 13.0 Å². The van der Waals surface area contributed by atoms with Crippen LogP contribution in [0.25, 0.3) is 0 Å². The van der Waals surface area contributed by atoms with Crippen molar-refractivity contribution >= 4 is 11.6 Å². The molecule has 0 amide bonds. The van der Waals surface area contributed by atoms with E-state index in [1.807, 2.05) is 10.8 Å². The number of hydrogen-bond donors (Lipinski definition) is 1. The van der Waals surface area contributed by atoms with Crippen molar-refractivity contribution in [3.8, 4) is 0 Å². The summed E-state index contributed by atoms with van der Waals surface area (Å²) in [7, 11) is 0. The second kappa shape index (κ2) is 5.29. The van der Waals surface area contributed by atoms with E-state index in [-0.39, 0.29) is 5.82 Å². The van der Waals surface area contributed by atoms with Gasteiger partial charge in [0.05, 0.1) is 6.54 Å². The average molecular weight is 254 g/mol. The third-order valence-electron chi connectivity index (χ3n) is 2.53. The molecule has 2 N–H and O–H groups in total. The molecule has 0 spiro atoms. The Morgan fingerprint density at radius 1 is 1.41 bits per heavy atom. The molecule has 0 aliphatic heterocycles. The lowest BCUT2D eigenvalue weighted by Crippen LogP contribution is -2.11. The van der Waals surface area contributed by atoms with E-state index in [0.717, 1.165) is 5.82 Å². The molecule has 5 heteroatoms. The molecule has 2 rings (SSSR count). The van der Waals surface area contributed by atoms with Crippen molar-refractivity contribution in [1.29, 1.82) is 0 Å². The molecular formula is C12H13ClFN3. The SMILES string of the molecule is NCCc1nccn1Cc1ccc(Cl)cc1F. The average Bonchev–Trinajstić information content (AvgIpc) is 2.71. The molecule has 0 aliphatic carbocycles. The van der Waals surface area contributed by atoms with Gasteiger partial charge in [0, 0.05) is 29.4 Å². The standard InChI is InChI=1S/C12H13ClFN3/c13-10-2-1-9(11(14)7-10)8-17-6-5-16-12(17)3-4-15/h1-2,5-7H,3-4,8,15H2. The molecule has 1 aromatic heterocycles.